The molecule has 1 aromatic carbocycles. The van der Waals surface area contributed by atoms with Crippen LogP contribution in [0, 0.1) is 0 Å². The average Bonchev–Trinajstić information content (AvgIpc) is 3.27. The van der Waals surface area contributed by atoms with Crippen molar-refractivity contribution in [1.82, 2.24) is 10.2 Å². The predicted octanol–water partition coefficient (Wildman–Crippen LogP) is 2.28. The Morgan fingerprint density at radius 1 is 1.14 bits per heavy atom. The quantitative estimate of drug-likeness (QED) is 0.706. The molecule has 1 saturated heterocycles. The van der Waals surface area contributed by atoms with Crippen LogP contribution in [0.5, 0.6) is 0 Å². The predicted molar refractivity (Wildman–Crippen MR) is 106 cm³/mol. The highest BCUT2D eigenvalue weighted by atomic mass is 16.5. The molecule has 3 rings (SSSR count). The van der Waals surface area contributed by atoms with E-state index in [-0.39, 0.29) is 17.6 Å². The summed E-state index contributed by atoms with van der Waals surface area (Å²) in [5.74, 6) is 0.0830. The van der Waals surface area contributed by atoms with Gasteiger partial charge in [0.1, 0.15) is 0 Å². The van der Waals surface area contributed by atoms with Gasteiger partial charge >= 0.3 is 0 Å². The Morgan fingerprint density at radius 3 is 2.57 bits per heavy atom. The maximum absolute atomic E-state index is 12.3. The maximum atomic E-state index is 12.3. The Morgan fingerprint density at radius 2 is 1.89 bits per heavy atom. The molecule has 0 unspecified atom stereocenters. The minimum atomic E-state index is -0.258. The first-order chi connectivity index (χ1) is 13.6. The van der Waals surface area contributed by atoms with Gasteiger partial charge in [0.15, 0.2) is 5.76 Å². The van der Waals surface area contributed by atoms with Gasteiger partial charge in [0.05, 0.1) is 19.5 Å². The average molecular weight is 385 g/mol. The van der Waals surface area contributed by atoms with Gasteiger partial charge in [-0.3, -0.25) is 9.59 Å². The number of amides is 2. The van der Waals surface area contributed by atoms with Crippen molar-refractivity contribution in [2.24, 2.45) is 0 Å². The lowest BCUT2D eigenvalue weighted by molar-refractivity contribution is -0.130. The molecule has 1 aliphatic rings. The van der Waals surface area contributed by atoms with Crippen molar-refractivity contribution in [3.8, 4) is 0 Å². The summed E-state index contributed by atoms with van der Waals surface area (Å²) in [6, 6.07) is 11.6. The highest BCUT2D eigenvalue weighted by Gasteiger charge is 2.13. The number of anilines is 1. The van der Waals surface area contributed by atoms with Gasteiger partial charge in [0, 0.05) is 45.3 Å². The molecule has 1 aliphatic heterocycles. The smallest absolute Gasteiger partial charge is 0.286 e. The fraction of sp³-hybridized carbons (Fsp3) is 0.429. The lowest BCUT2D eigenvalue weighted by atomic mass is 10.1. The van der Waals surface area contributed by atoms with Crippen LogP contribution in [-0.4, -0.2) is 56.6 Å². The van der Waals surface area contributed by atoms with Crippen molar-refractivity contribution in [1.29, 1.82) is 0 Å². The standard InChI is InChI=1S/C21H27N3O4/c1-23(20(25)5-2-10-22-21(26)19-4-3-13-28-19)16-17-6-8-18(9-7-17)24-11-14-27-15-12-24/h3-4,6-9,13H,2,5,10-12,14-16H2,1H3,(H,22,26). The van der Waals surface area contributed by atoms with Crippen LogP contribution in [0.4, 0.5) is 5.69 Å². The molecule has 7 heteroatoms. The van der Waals surface area contributed by atoms with Crippen molar-refractivity contribution in [3.63, 3.8) is 0 Å². The normalized spacial score (nSPS) is 14.0. The van der Waals surface area contributed by atoms with Crippen LogP contribution in [0.25, 0.3) is 0 Å². The van der Waals surface area contributed by atoms with E-state index in [2.05, 4.69) is 34.5 Å². The number of furan rings is 1. The van der Waals surface area contributed by atoms with Crippen molar-refractivity contribution in [2.75, 3.05) is 44.8 Å². The Hall–Kier alpha value is -2.80. The SMILES string of the molecule is CN(Cc1ccc(N2CCOCC2)cc1)C(=O)CCCNC(=O)c1ccco1. The van der Waals surface area contributed by atoms with Crippen LogP contribution < -0.4 is 10.2 Å². The summed E-state index contributed by atoms with van der Waals surface area (Å²) in [5.41, 5.74) is 2.28. The van der Waals surface area contributed by atoms with E-state index in [1.165, 1.54) is 12.0 Å². The van der Waals surface area contributed by atoms with Crippen LogP contribution in [0.1, 0.15) is 29.0 Å². The summed E-state index contributed by atoms with van der Waals surface area (Å²) in [4.78, 5) is 28.1. The van der Waals surface area contributed by atoms with Gasteiger partial charge in [-0.1, -0.05) is 12.1 Å². The van der Waals surface area contributed by atoms with Crippen molar-refractivity contribution < 1.29 is 18.7 Å². The third-order valence-corrected chi connectivity index (χ3v) is 4.76. The van der Waals surface area contributed by atoms with Crippen LogP contribution in [0.15, 0.2) is 47.1 Å². The van der Waals surface area contributed by atoms with Crippen LogP contribution in [0.3, 0.4) is 0 Å². The molecule has 0 saturated carbocycles. The number of morpholine rings is 1. The topological polar surface area (TPSA) is 75.0 Å². The second-order valence-electron chi connectivity index (χ2n) is 6.85. The monoisotopic (exact) mass is 385 g/mol. The first kappa shape index (κ1) is 19.9. The molecule has 2 amide bonds. The second-order valence-corrected chi connectivity index (χ2v) is 6.85. The number of hydrogen-bond acceptors (Lipinski definition) is 5. The fourth-order valence-electron chi connectivity index (χ4n) is 3.12. The largest absolute Gasteiger partial charge is 0.459 e. The van der Waals surface area contributed by atoms with E-state index >= 15 is 0 Å². The third kappa shape index (κ3) is 5.60. The molecule has 0 aliphatic carbocycles. The minimum Gasteiger partial charge on any atom is -0.459 e. The van der Waals surface area contributed by atoms with Gasteiger partial charge < -0.3 is 24.3 Å². The zero-order valence-corrected chi connectivity index (χ0v) is 16.2. The molecule has 7 nitrogen and oxygen atoms in total. The summed E-state index contributed by atoms with van der Waals surface area (Å²) in [7, 11) is 1.81. The number of benzene rings is 1. The molecule has 1 aromatic heterocycles. The summed E-state index contributed by atoms with van der Waals surface area (Å²) >= 11 is 0. The van der Waals surface area contributed by atoms with Gasteiger partial charge in [-0.05, 0) is 36.2 Å². The zero-order valence-electron chi connectivity index (χ0n) is 16.2. The first-order valence-electron chi connectivity index (χ1n) is 9.61. The Kier molecular flexibility index (Phi) is 7.08. The number of nitrogens with one attached hydrogen (secondary N) is 1. The number of ether oxygens (including phenoxy) is 1. The molecule has 1 fully saturated rings. The Balaban J connectivity index is 1.38. The molecular formula is C21H27N3O4. The Labute approximate surface area is 165 Å². The molecule has 0 atom stereocenters. The molecule has 0 bridgehead atoms. The van der Waals surface area contributed by atoms with E-state index in [9.17, 15) is 9.59 Å². The van der Waals surface area contributed by atoms with Crippen LogP contribution in [0.2, 0.25) is 0 Å². The first-order valence-corrected chi connectivity index (χ1v) is 9.61. The number of rotatable bonds is 8. The van der Waals surface area contributed by atoms with Gasteiger partial charge in [-0.25, -0.2) is 0 Å². The Bertz CT molecular complexity index is 752. The zero-order chi connectivity index (χ0) is 19.8. The van der Waals surface area contributed by atoms with E-state index in [0.717, 1.165) is 31.9 Å². The molecule has 2 aromatic rings. The maximum Gasteiger partial charge on any atom is 0.286 e. The van der Waals surface area contributed by atoms with E-state index in [4.69, 9.17) is 9.15 Å². The second kappa shape index (κ2) is 9.94. The van der Waals surface area contributed by atoms with Crippen molar-refractivity contribution in [2.45, 2.75) is 19.4 Å². The van der Waals surface area contributed by atoms with E-state index in [0.29, 0.717) is 25.9 Å². The van der Waals surface area contributed by atoms with Gasteiger partial charge in [0.25, 0.3) is 5.91 Å². The van der Waals surface area contributed by atoms with Gasteiger partial charge in [0.2, 0.25) is 5.91 Å². The molecular weight excluding hydrogens is 358 g/mol. The van der Waals surface area contributed by atoms with Crippen LogP contribution in [-0.2, 0) is 16.1 Å². The number of hydrogen-bond donors (Lipinski definition) is 1. The molecule has 2 heterocycles. The van der Waals surface area contributed by atoms with Gasteiger partial charge in [-0.15, -0.1) is 0 Å². The number of carbonyl (C=O) groups excluding carboxylic acids is 2. The minimum absolute atomic E-state index is 0.0597. The van der Waals surface area contributed by atoms with E-state index in [1.807, 2.05) is 0 Å². The number of nitrogens with zero attached hydrogens (tertiary/aromatic N) is 2. The van der Waals surface area contributed by atoms with E-state index < -0.39 is 0 Å². The van der Waals surface area contributed by atoms with Crippen molar-refractivity contribution >= 4 is 17.5 Å². The lowest BCUT2D eigenvalue weighted by Crippen LogP contribution is -2.36. The summed E-state index contributed by atoms with van der Waals surface area (Å²) in [6.07, 6.45) is 2.44. The summed E-state index contributed by atoms with van der Waals surface area (Å²) in [6.45, 7) is 4.36. The lowest BCUT2D eigenvalue weighted by Gasteiger charge is -2.29. The molecule has 1 N–H and O–H groups in total. The van der Waals surface area contributed by atoms with Crippen LogP contribution >= 0.6 is 0 Å². The van der Waals surface area contributed by atoms with E-state index in [1.54, 1.807) is 24.1 Å². The van der Waals surface area contributed by atoms with Crippen molar-refractivity contribution in [3.05, 3.63) is 54.0 Å². The number of carbonyl (C=O) groups is 2. The van der Waals surface area contributed by atoms with Gasteiger partial charge in [-0.2, -0.15) is 0 Å². The fourth-order valence-corrected chi connectivity index (χ4v) is 3.12. The molecule has 150 valence electrons. The third-order valence-electron chi connectivity index (χ3n) is 4.76. The molecule has 0 spiro atoms. The molecule has 28 heavy (non-hydrogen) atoms. The highest BCUT2D eigenvalue weighted by Crippen LogP contribution is 2.17. The summed E-state index contributed by atoms with van der Waals surface area (Å²) < 4.78 is 10.4. The summed E-state index contributed by atoms with van der Waals surface area (Å²) in [5, 5.41) is 2.75. The molecule has 0 radical (unpaired) electrons. The highest BCUT2D eigenvalue weighted by molar-refractivity contribution is 5.91.